The van der Waals surface area contributed by atoms with Gasteiger partial charge in [-0.05, 0) is 18.6 Å². The Hall–Kier alpha value is -1.71. The molecule has 2 rings (SSSR count). The van der Waals surface area contributed by atoms with E-state index >= 15 is 0 Å². The first kappa shape index (κ1) is 8.87. The van der Waals surface area contributed by atoms with Gasteiger partial charge in [0.1, 0.15) is 11.6 Å². The maximum Gasteiger partial charge on any atom is 0.141 e. The summed E-state index contributed by atoms with van der Waals surface area (Å²) in [4.78, 5) is 7.87. The van der Waals surface area contributed by atoms with Gasteiger partial charge in [0.25, 0.3) is 0 Å². The van der Waals surface area contributed by atoms with Gasteiger partial charge in [-0.3, -0.25) is 4.98 Å². The Kier molecular flexibility index (Phi) is 2.26. The SMILES string of the molecule is Cc1nccn1Cc1cncc(F)c1. The van der Waals surface area contributed by atoms with Crippen LogP contribution in [0.25, 0.3) is 0 Å². The van der Waals surface area contributed by atoms with Gasteiger partial charge in [0.05, 0.1) is 12.7 Å². The lowest BCUT2D eigenvalue weighted by Gasteiger charge is -2.04. The first-order valence-electron chi connectivity index (χ1n) is 4.33. The molecule has 0 radical (unpaired) electrons. The summed E-state index contributed by atoms with van der Waals surface area (Å²) in [6, 6.07) is 1.48. The van der Waals surface area contributed by atoms with Crippen LogP contribution in [0.4, 0.5) is 4.39 Å². The van der Waals surface area contributed by atoms with Gasteiger partial charge < -0.3 is 4.57 Å². The van der Waals surface area contributed by atoms with Crippen LogP contribution in [0.3, 0.4) is 0 Å². The van der Waals surface area contributed by atoms with E-state index in [0.717, 1.165) is 11.4 Å². The van der Waals surface area contributed by atoms with Crippen LogP contribution in [0, 0.1) is 12.7 Å². The fourth-order valence-corrected chi connectivity index (χ4v) is 1.31. The van der Waals surface area contributed by atoms with Gasteiger partial charge in [-0.2, -0.15) is 0 Å². The molecule has 0 aliphatic rings. The molecule has 0 N–H and O–H groups in total. The molecule has 0 aliphatic carbocycles. The van der Waals surface area contributed by atoms with Crippen LogP contribution in [-0.4, -0.2) is 14.5 Å². The van der Waals surface area contributed by atoms with E-state index in [9.17, 15) is 4.39 Å². The number of hydrogen-bond donors (Lipinski definition) is 0. The molecule has 0 saturated carbocycles. The monoisotopic (exact) mass is 191 g/mol. The topological polar surface area (TPSA) is 30.7 Å². The zero-order chi connectivity index (χ0) is 9.97. The maximum atomic E-state index is 12.8. The van der Waals surface area contributed by atoms with Crippen molar-refractivity contribution in [1.29, 1.82) is 0 Å². The highest BCUT2D eigenvalue weighted by Crippen LogP contribution is 2.05. The molecular weight excluding hydrogens is 181 g/mol. The lowest BCUT2D eigenvalue weighted by Crippen LogP contribution is -2.01. The molecule has 0 atom stereocenters. The van der Waals surface area contributed by atoms with Crippen molar-refractivity contribution in [1.82, 2.24) is 14.5 Å². The van der Waals surface area contributed by atoms with Crippen molar-refractivity contribution in [2.45, 2.75) is 13.5 Å². The smallest absolute Gasteiger partial charge is 0.141 e. The summed E-state index contributed by atoms with van der Waals surface area (Å²) in [5, 5.41) is 0. The molecule has 0 aromatic carbocycles. The zero-order valence-electron chi connectivity index (χ0n) is 7.81. The molecule has 3 nitrogen and oxygen atoms in total. The van der Waals surface area contributed by atoms with Crippen molar-refractivity contribution in [3.8, 4) is 0 Å². The van der Waals surface area contributed by atoms with Gasteiger partial charge in [-0.1, -0.05) is 0 Å². The molecule has 72 valence electrons. The number of nitrogens with zero attached hydrogens (tertiary/aromatic N) is 3. The summed E-state index contributed by atoms with van der Waals surface area (Å²) in [7, 11) is 0. The molecule has 0 unspecified atom stereocenters. The van der Waals surface area contributed by atoms with E-state index in [1.807, 2.05) is 17.7 Å². The van der Waals surface area contributed by atoms with Gasteiger partial charge in [-0.15, -0.1) is 0 Å². The molecule has 0 spiro atoms. The Bertz CT molecular complexity index is 436. The number of imidazole rings is 1. The Balaban J connectivity index is 2.23. The van der Waals surface area contributed by atoms with Gasteiger partial charge >= 0.3 is 0 Å². The number of halogens is 1. The standard InChI is InChI=1S/C10H10FN3/c1-8-13-2-3-14(8)7-9-4-10(11)6-12-5-9/h2-6H,7H2,1H3. The Labute approximate surface area is 81.2 Å². The average molecular weight is 191 g/mol. The first-order valence-corrected chi connectivity index (χ1v) is 4.33. The van der Waals surface area contributed by atoms with Crippen molar-refractivity contribution in [2.24, 2.45) is 0 Å². The van der Waals surface area contributed by atoms with E-state index in [4.69, 9.17) is 0 Å². The van der Waals surface area contributed by atoms with Crippen LogP contribution < -0.4 is 0 Å². The van der Waals surface area contributed by atoms with E-state index in [2.05, 4.69) is 9.97 Å². The molecule has 2 heterocycles. The summed E-state index contributed by atoms with van der Waals surface area (Å²) < 4.78 is 14.7. The van der Waals surface area contributed by atoms with Crippen molar-refractivity contribution in [3.05, 3.63) is 48.1 Å². The fourth-order valence-electron chi connectivity index (χ4n) is 1.31. The molecular formula is C10H10FN3. The largest absolute Gasteiger partial charge is 0.331 e. The van der Waals surface area contributed by atoms with Crippen molar-refractivity contribution in [3.63, 3.8) is 0 Å². The second kappa shape index (κ2) is 3.57. The average Bonchev–Trinajstić information content (AvgIpc) is 2.52. The second-order valence-corrected chi connectivity index (χ2v) is 3.11. The quantitative estimate of drug-likeness (QED) is 0.724. The van der Waals surface area contributed by atoms with E-state index in [1.165, 1.54) is 12.3 Å². The molecule has 0 amide bonds. The van der Waals surface area contributed by atoms with E-state index in [0.29, 0.717) is 6.54 Å². The highest BCUT2D eigenvalue weighted by Gasteiger charge is 1.99. The van der Waals surface area contributed by atoms with Crippen molar-refractivity contribution < 1.29 is 4.39 Å². The van der Waals surface area contributed by atoms with Crippen LogP contribution in [-0.2, 0) is 6.54 Å². The van der Waals surface area contributed by atoms with Crippen LogP contribution >= 0.6 is 0 Å². The lowest BCUT2D eigenvalue weighted by atomic mass is 10.3. The summed E-state index contributed by atoms with van der Waals surface area (Å²) in [6.07, 6.45) is 6.44. The predicted molar refractivity (Wildman–Crippen MR) is 50.3 cm³/mol. The van der Waals surface area contributed by atoms with Crippen molar-refractivity contribution >= 4 is 0 Å². The Morgan fingerprint density at radius 1 is 1.43 bits per heavy atom. The third-order valence-electron chi connectivity index (χ3n) is 2.04. The third kappa shape index (κ3) is 1.79. The number of aryl methyl sites for hydroxylation is 1. The minimum absolute atomic E-state index is 0.305. The molecule has 0 saturated heterocycles. The normalized spacial score (nSPS) is 10.4. The van der Waals surface area contributed by atoms with Gasteiger partial charge in [0, 0.05) is 18.6 Å². The number of aromatic nitrogens is 3. The molecule has 2 aromatic rings. The lowest BCUT2D eigenvalue weighted by molar-refractivity contribution is 0.615. The molecule has 2 aromatic heterocycles. The molecule has 4 heteroatoms. The molecule has 0 aliphatic heterocycles. The van der Waals surface area contributed by atoms with E-state index in [-0.39, 0.29) is 5.82 Å². The summed E-state index contributed by atoms with van der Waals surface area (Å²) in [5.41, 5.74) is 0.839. The van der Waals surface area contributed by atoms with E-state index < -0.39 is 0 Å². The van der Waals surface area contributed by atoms with Crippen LogP contribution in [0.15, 0.2) is 30.9 Å². The van der Waals surface area contributed by atoms with Crippen LogP contribution in [0.5, 0.6) is 0 Å². The van der Waals surface area contributed by atoms with Gasteiger partial charge in [0.15, 0.2) is 0 Å². The molecule has 14 heavy (non-hydrogen) atoms. The maximum absolute atomic E-state index is 12.8. The second-order valence-electron chi connectivity index (χ2n) is 3.11. The van der Waals surface area contributed by atoms with Gasteiger partial charge in [0.2, 0.25) is 0 Å². The Morgan fingerprint density at radius 3 is 2.93 bits per heavy atom. The minimum atomic E-state index is -0.305. The molecule has 0 bridgehead atoms. The van der Waals surface area contributed by atoms with Crippen LogP contribution in [0.2, 0.25) is 0 Å². The first-order chi connectivity index (χ1) is 6.75. The number of rotatable bonds is 2. The van der Waals surface area contributed by atoms with Crippen molar-refractivity contribution in [2.75, 3.05) is 0 Å². The summed E-state index contributed by atoms with van der Waals surface area (Å²) in [5.74, 6) is 0.606. The number of hydrogen-bond acceptors (Lipinski definition) is 2. The summed E-state index contributed by atoms with van der Waals surface area (Å²) in [6.45, 7) is 2.52. The summed E-state index contributed by atoms with van der Waals surface area (Å²) >= 11 is 0. The minimum Gasteiger partial charge on any atom is -0.331 e. The predicted octanol–water partition coefficient (Wildman–Crippen LogP) is 1.77. The van der Waals surface area contributed by atoms with E-state index in [1.54, 1.807) is 12.4 Å². The van der Waals surface area contributed by atoms with Gasteiger partial charge in [-0.25, -0.2) is 9.37 Å². The molecule has 0 fully saturated rings. The highest BCUT2D eigenvalue weighted by molar-refractivity contribution is 5.11. The van der Waals surface area contributed by atoms with Crippen LogP contribution in [0.1, 0.15) is 11.4 Å². The third-order valence-corrected chi connectivity index (χ3v) is 2.04. The zero-order valence-corrected chi connectivity index (χ0v) is 7.81. The highest BCUT2D eigenvalue weighted by atomic mass is 19.1. The fraction of sp³-hybridized carbons (Fsp3) is 0.200. The Morgan fingerprint density at radius 2 is 2.29 bits per heavy atom. The number of pyridine rings is 1.